The molecule has 0 radical (unpaired) electrons. The molecule has 0 aromatic heterocycles. The van der Waals surface area contributed by atoms with Crippen LogP contribution in [0.25, 0.3) is 0 Å². The lowest BCUT2D eigenvalue weighted by molar-refractivity contribution is -0.142. The van der Waals surface area contributed by atoms with Gasteiger partial charge in [-0.1, -0.05) is 20.3 Å². The number of hydrogen-bond donors (Lipinski definition) is 8. The highest BCUT2D eigenvalue weighted by Gasteiger charge is 2.30. The summed E-state index contributed by atoms with van der Waals surface area (Å²) >= 11 is 4.04. The molecule has 3 amide bonds. The minimum absolute atomic E-state index is 0.154. The van der Waals surface area contributed by atoms with Crippen LogP contribution in [0.3, 0.4) is 0 Å². The minimum Gasteiger partial charge on any atom is -0.481 e. The van der Waals surface area contributed by atoms with Gasteiger partial charge in [0.2, 0.25) is 17.7 Å². The summed E-state index contributed by atoms with van der Waals surface area (Å²) < 4.78 is 0. The van der Waals surface area contributed by atoms with Crippen LogP contribution in [0, 0.1) is 5.92 Å². The second-order valence-electron chi connectivity index (χ2n) is 7.83. The third-order valence-corrected chi connectivity index (χ3v) is 5.58. The van der Waals surface area contributed by atoms with Crippen molar-refractivity contribution < 1.29 is 34.2 Å². The molecule has 9 N–H and O–H groups in total. The molecule has 0 aliphatic carbocycles. The van der Waals surface area contributed by atoms with Gasteiger partial charge in [0.1, 0.15) is 18.1 Å². The Hall–Kier alpha value is -2.38. The van der Waals surface area contributed by atoms with Crippen LogP contribution in [0.4, 0.5) is 0 Å². The number of carbonyl (C=O) groups excluding carboxylic acids is 3. The molecule has 5 atom stereocenters. The summed E-state index contributed by atoms with van der Waals surface area (Å²) in [4.78, 5) is 60.1. The summed E-state index contributed by atoms with van der Waals surface area (Å²) in [7, 11) is 0. The largest absolute Gasteiger partial charge is 0.481 e. The number of nitrogens with two attached hydrogens (primary N) is 2. The first-order valence-electron chi connectivity index (χ1n) is 10.9. The molecule has 33 heavy (non-hydrogen) atoms. The van der Waals surface area contributed by atoms with Crippen molar-refractivity contribution in [1.29, 1.82) is 0 Å². The molecule has 0 saturated heterocycles. The van der Waals surface area contributed by atoms with Gasteiger partial charge in [-0.3, -0.25) is 19.2 Å². The van der Waals surface area contributed by atoms with Crippen molar-refractivity contribution in [3.8, 4) is 0 Å². The van der Waals surface area contributed by atoms with Crippen LogP contribution in [-0.2, 0) is 24.0 Å². The van der Waals surface area contributed by atoms with Crippen LogP contribution in [0.5, 0.6) is 0 Å². The van der Waals surface area contributed by atoms with Crippen molar-refractivity contribution in [3.63, 3.8) is 0 Å². The molecule has 5 unspecified atom stereocenters. The lowest BCUT2D eigenvalue weighted by Gasteiger charge is -2.25. The minimum atomic E-state index is -1.25. The Morgan fingerprint density at radius 1 is 0.879 bits per heavy atom. The molecule has 0 aliphatic heterocycles. The smallest absolute Gasteiger partial charge is 0.326 e. The van der Waals surface area contributed by atoms with Gasteiger partial charge >= 0.3 is 11.9 Å². The fraction of sp³-hybridized carbons (Fsp3) is 0.750. The number of carboxylic acids is 2. The number of thiol groups is 1. The van der Waals surface area contributed by atoms with Crippen LogP contribution < -0.4 is 27.4 Å². The third-order valence-electron chi connectivity index (χ3n) is 5.22. The van der Waals surface area contributed by atoms with Gasteiger partial charge in [-0.25, -0.2) is 4.79 Å². The monoisotopic (exact) mass is 491 g/mol. The zero-order valence-electron chi connectivity index (χ0n) is 19.1. The first-order chi connectivity index (χ1) is 15.5. The summed E-state index contributed by atoms with van der Waals surface area (Å²) in [6.07, 6.45) is 1.24. The van der Waals surface area contributed by atoms with Crippen LogP contribution in [-0.4, -0.2) is 76.3 Å². The summed E-state index contributed by atoms with van der Waals surface area (Å²) in [5.41, 5.74) is 11.3. The molecule has 0 heterocycles. The van der Waals surface area contributed by atoms with E-state index in [1.165, 1.54) is 0 Å². The molecule has 190 valence electrons. The molecule has 0 aromatic carbocycles. The summed E-state index contributed by atoms with van der Waals surface area (Å²) in [6, 6.07) is -4.52. The molecule has 0 fully saturated rings. The van der Waals surface area contributed by atoms with Gasteiger partial charge in [0, 0.05) is 12.2 Å². The van der Waals surface area contributed by atoms with E-state index in [1.54, 1.807) is 6.92 Å². The maximum atomic E-state index is 12.8. The summed E-state index contributed by atoms with van der Waals surface area (Å²) in [5, 5.41) is 25.5. The molecular formula is C20H37N5O7S. The maximum Gasteiger partial charge on any atom is 0.326 e. The van der Waals surface area contributed by atoms with Crippen molar-refractivity contribution in [1.82, 2.24) is 16.0 Å². The van der Waals surface area contributed by atoms with E-state index in [-0.39, 0.29) is 24.5 Å². The standard InChI is InChI=1S/C20H37N5O7S/c1-3-11(2)16(22)19(30)23-12(7-8-15(26)27)17(28)25-14(10-33)18(29)24-13(20(31)32)6-4-5-9-21/h11-14,16,33H,3-10,21-22H2,1-2H3,(H,23,30)(H,24,29)(H,25,28)(H,26,27)(H,31,32). The Kier molecular flexibility index (Phi) is 15.1. The number of aliphatic carboxylic acids is 2. The molecule has 0 saturated carbocycles. The van der Waals surface area contributed by atoms with Crippen molar-refractivity contribution in [2.75, 3.05) is 12.3 Å². The molecule has 0 aromatic rings. The van der Waals surface area contributed by atoms with Crippen molar-refractivity contribution in [2.24, 2.45) is 17.4 Å². The van der Waals surface area contributed by atoms with Crippen molar-refractivity contribution in [3.05, 3.63) is 0 Å². The highest BCUT2D eigenvalue weighted by molar-refractivity contribution is 7.80. The first kappa shape index (κ1) is 30.6. The fourth-order valence-corrected chi connectivity index (χ4v) is 3.06. The maximum absolute atomic E-state index is 12.8. The van der Waals surface area contributed by atoms with Crippen molar-refractivity contribution >= 4 is 42.3 Å². The Balaban J connectivity index is 5.28. The first-order valence-corrected chi connectivity index (χ1v) is 11.5. The normalized spacial score (nSPS) is 15.4. The van der Waals surface area contributed by atoms with E-state index in [0.29, 0.717) is 25.8 Å². The van der Waals surface area contributed by atoms with Gasteiger partial charge in [-0.05, 0) is 38.1 Å². The van der Waals surface area contributed by atoms with Crippen molar-refractivity contribution in [2.45, 2.75) is 76.5 Å². The topological polar surface area (TPSA) is 214 Å². The molecule has 0 rings (SSSR count). The number of carboxylic acid groups (broad SMARTS) is 2. The van der Waals surface area contributed by atoms with Gasteiger partial charge in [0.05, 0.1) is 6.04 Å². The number of unbranched alkanes of at least 4 members (excludes halogenated alkanes) is 1. The lowest BCUT2D eigenvalue weighted by atomic mass is 9.98. The number of rotatable bonds is 17. The predicted molar refractivity (Wildman–Crippen MR) is 124 cm³/mol. The fourth-order valence-electron chi connectivity index (χ4n) is 2.81. The highest BCUT2D eigenvalue weighted by Crippen LogP contribution is 2.08. The number of amides is 3. The number of carbonyl (C=O) groups is 5. The molecule has 13 heteroatoms. The molecule has 0 spiro atoms. The third kappa shape index (κ3) is 11.9. The van der Waals surface area contributed by atoms with Gasteiger partial charge in [-0.2, -0.15) is 12.6 Å². The Labute approximate surface area is 199 Å². The lowest BCUT2D eigenvalue weighted by Crippen LogP contribution is -2.58. The van der Waals surface area contributed by atoms with Gasteiger partial charge in [-0.15, -0.1) is 0 Å². The number of hydrogen-bond acceptors (Lipinski definition) is 8. The van der Waals surface area contributed by atoms with Crippen LogP contribution in [0.15, 0.2) is 0 Å². The molecule has 0 bridgehead atoms. The second kappa shape index (κ2) is 16.3. The van der Waals surface area contributed by atoms with Crippen LogP contribution >= 0.6 is 12.6 Å². The quantitative estimate of drug-likeness (QED) is 0.0906. The molecule has 12 nitrogen and oxygen atoms in total. The Morgan fingerprint density at radius 3 is 1.91 bits per heavy atom. The zero-order chi connectivity index (χ0) is 25.6. The van der Waals surface area contributed by atoms with Gasteiger partial charge in [0.15, 0.2) is 0 Å². The van der Waals surface area contributed by atoms with E-state index in [9.17, 15) is 29.1 Å². The molecule has 0 aliphatic rings. The van der Waals surface area contributed by atoms with Gasteiger partial charge < -0.3 is 37.6 Å². The van der Waals surface area contributed by atoms with E-state index < -0.39 is 60.2 Å². The Morgan fingerprint density at radius 2 is 1.42 bits per heavy atom. The van der Waals surface area contributed by atoms with E-state index >= 15 is 0 Å². The van der Waals surface area contributed by atoms with E-state index in [2.05, 4.69) is 28.6 Å². The van der Waals surface area contributed by atoms with E-state index in [1.807, 2.05) is 6.92 Å². The van der Waals surface area contributed by atoms with E-state index in [0.717, 1.165) is 0 Å². The zero-order valence-corrected chi connectivity index (χ0v) is 20.0. The predicted octanol–water partition coefficient (Wildman–Crippen LogP) is -1.18. The molecular weight excluding hydrogens is 454 g/mol. The van der Waals surface area contributed by atoms with Crippen LogP contribution in [0.2, 0.25) is 0 Å². The van der Waals surface area contributed by atoms with Crippen LogP contribution in [0.1, 0.15) is 52.4 Å². The average Bonchev–Trinajstić information content (AvgIpc) is 2.77. The van der Waals surface area contributed by atoms with Gasteiger partial charge in [0.25, 0.3) is 0 Å². The average molecular weight is 492 g/mol. The Bertz CT molecular complexity index is 679. The summed E-state index contributed by atoms with van der Waals surface area (Å²) in [5.74, 6) is -4.90. The SMILES string of the molecule is CCC(C)C(N)C(=O)NC(CCC(=O)O)C(=O)NC(CS)C(=O)NC(CCCCN)C(=O)O. The summed E-state index contributed by atoms with van der Waals surface area (Å²) in [6.45, 7) is 4.01. The number of nitrogens with one attached hydrogen (secondary N) is 3. The second-order valence-corrected chi connectivity index (χ2v) is 8.20. The van der Waals surface area contributed by atoms with E-state index in [4.69, 9.17) is 16.6 Å². The highest BCUT2D eigenvalue weighted by atomic mass is 32.1.